The van der Waals surface area contributed by atoms with Crippen LogP contribution < -0.4 is 10.9 Å². The third-order valence-corrected chi connectivity index (χ3v) is 3.03. The summed E-state index contributed by atoms with van der Waals surface area (Å²) in [7, 11) is 0. The lowest BCUT2D eigenvalue weighted by Gasteiger charge is -2.30. The van der Waals surface area contributed by atoms with Gasteiger partial charge in [0.2, 0.25) is 0 Å². The molecule has 0 saturated carbocycles. The van der Waals surface area contributed by atoms with E-state index in [4.69, 9.17) is 0 Å². The Morgan fingerprint density at radius 3 is 2.47 bits per heavy atom. The van der Waals surface area contributed by atoms with Gasteiger partial charge in [-0.25, -0.2) is 0 Å². The molecule has 84 valence electrons. The van der Waals surface area contributed by atoms with Crippen LogP contribution in [0.25, 0.3) is 0 Å². The first-order valence-electron chi connectivity index (χ1n) is 5.76. The summed E-state index contributed by atoms with van der Waals surface area (Å²) < 4.78 is 0. The van der Waals surface area contributed by atoms with Crippen LogP contribution in [0.3, 0.4) is 0 Å². The highest BCUT2D eigenvalue weighted by molar-refractivity contribution is 5.29. The van der Waals surface area contributed by atoms with Gasteiger partial charge in [0.25, 0.3) is 0 Å². The number of rotatable bonds is 1. The lowest BCUT2D eigenvalue weighted by Crippen LogP contribution is -2.39. The average Bonchev–Trinajstić information content (AvgIpc) is 2.69. The molecule has 2 N–H and O–H groups in total. The fraction of sp³-hybridized carbons (Fsp3) is 0.667. The number of nitrogens with zero attached hydrogens (tertiary/aromatic N) is 1. The van der Waals surface area contributed by atoms with Gasteiger partial charge in [-0.05, 0) is 29.9 Å². The van der Waals surface area contributed by atoms with Crippen LogP contribution in [0.15, 0.2) is 23.7 Å². The Morgan fingerprint density at radius 2 is 1.87 bits per heavy atom. The van der Waals surface area contributed by atoms with Crippen LogP contribution in [0.4, 0.5) is 0 Å². The van der Waals surface area contributed by atoms with E-state index in [1.54, 1.807) is 0 Å². The molecule has 0 aliphatic carbocycles. The number of hydrazine groups is 1. The quantitative estimate of drug-likeness (QED) is 0.688. The van der Waals surface area contributed by atoms with Gasteiger partial charge in [-0.3, -0.25) is 5.43 Å². The summed E-state index contributed by atoms with van der Waals surface area (Å²) >= 11 is 0. The summed E-state index contributed by atoms with van der Waals surface area (Å²) in [5, 5.41) is 0. The third kappa shape index (κ3) is 2.28. The Labute approximate surface area is 92.2 Å². The van der Waals surface area contributed by atoms with E-state index in [0.29, 0.717) is 0 Å². The van der Waals surface area contributed by atoms with Crippen molar-refractivity contribution < 1.29 is 0 Å². The van der Waals surface area contributed by atoms with Crippen molar-refractivity contribution >= 4 is 0 Å². The molecule has 15 heavy (non-hydrogen) atoms. The number of hydrogen-bond donors (Lipinski definition) is 2. The molecule has 3 heteroatoms. The van der Waals surface area contributed by atoms with Gasteiger partial charge in [0.15, 0.2) is 0 Å². The van der Waals surface area contributed by atoms with Crippen molar-refractivity contribution in [2.45, 2.75) is 33.6 Å². The fourth-order valence-electron chi connectivity index (χ4n) is 1.97. The molecule has 1 fully saturated rings. The number of nitrogens with one attached hydrogen (secondary N) is 2. The molecule has 2 aliphatic rings. The van der Waals surface area contributed by atoms with Crippen LogP contribution >= 0.6 is 0 Å². The highest BCUT2D eigenvalue weighted by atomic mass is 15.4. The van der Waals surface area contributed by atoms with E-state index in [0.717, 1.165) is 0 Å². The molecule has 0 spiro atoms. The van der Waals surface area contributed by atoms with Crippen LogP contribution in [0.2, 0.25) is 0 Å². The monoisotopic (exact) mass is 207 g/mol. The van der Waals surface area contributed by atoms with Gasteiger partial charge in [-0.15, -0.1) is 0 Å². The van der Waals surface area contributed by atoms with E-state index in [1.165, 1.54) is 37.3 Å². The molecule has 0 aromatic heterocycles. The van der Waals surface area contributed by atoms with Gasteiger partial charge < -0.3 is 10.3 Å². The maximum atomic E-state index is 3.22. The number of likely N-dealkylation sites (tertiary alicyclic amines) is 1. The van der Waals surface area contributed by atoms with Gasteiger partial charge in [-0.2, -0.15) is 0 Å². The second-order valence-electron chi connectivity index (χ2n) is 5.34. The van der Waals surface area contributed by atoms with E-state index in [1.807, 2.05) is 0 Å². The maximum Gasteiger partial charge on any atom is 0.120 e. The van der Waals surface area contributed by atoms with Crippen molar-refractivity contribution in [3.63, 3.8) is 0 Å². The first-order chi connectivity index (χ1) is 7.07. The molecule has 3 nitrogen and oxygen atoms in total. The largest absolute Gasteiger partial charge is 0.357 e. The SMILES string of the molecule is CC(C)(C)C1=CNNC(N2CCCC2)=C1. The Bertz CT molecular complexity index is 290. The Hall–Kier alpha value is -1.12. The fourth-order valence-corrected chi connectivity index (χ4v) is 1.97. The second kappa shape index (κ2) is 3.80. The van der Waals surface area contributed by atoms with Crippen LogP contribution in [-0.4, -0.2) is 18.0 Å². The lowest BCUT2D eigenvalue weighted by molar-refractivity contribution is 0.369. The molecule has 0 bridgehead atoms. The molecule has 2 heterocycles. The normalized spacial score (nSPS) is 21.7. The molecule has 0 aromatic rings. The molecule has 1 saturated heterocycles. The molecule has 0 unspecified atom stereocenters. The highest BCUT2D eigenvalue weighted by Crippen LogP contribution is 2.28. The molecule has 0 amide bonds. The summed E-state index contributed by atoms with van der Waals surface area (Å²) in [5.41, 5.74) is 7.93. The molecule has 0 atom stereocenters. The Morgan fingerprint density at radius 1 is 1.20 bits per heavy atom. The van der Waals surface area contributed by atoms with Crippen molar-refractivity contribution in [2.75, 3.05) is 13.1 Å². The summed E-state index contributed by atoms with van der Waals surface area (Å²) in [5.74, 6) is 1.22. The molecule has 2 rings (SSSR count). The van der Waals surface area contributed by atoms with E-state index in [-0.39, 0.29) is 5.41 Å². The van der Waals surface area contributed by atoms with Gasteiger partial charge in [-0.1, -0.05) is 20.8 Å². The Kier molecular flexibility index (Phi) is 2.63. The summed E-state index contributed by atoms with van der Waals surface area (Å²) in [6.07, 6.45) is 6.95. The summed E-state index contributed by atoms with van der Waals surface area (Å²) in [4.78, 5) is 2.41. The minimum atomic E-state index is 0.208. The standard InChI is InChI=1S/C12H21N3/c1-12(2,3)10-8-11(14-13-9-10)15-6-4-5-7-15/h8-9,13-14H,4-7H2,1-3H3. The van der Waals surface area contributed by atoms with Crippen LogP contribution in [0.5, 0.6) is 0 Å². The van der Waals surface area contributed by atoms with E-state index >= 15 is 0 Å². The van der Waals surface area contributed by atoms with Crippen LogP contribution in [0, 0.1) is 5.41 Å². The minimum Gasteiger partial charge on any atom is -0.357 e. The zero-order valence-corrected chi connectivity index (χ0v) is 9.93. The van der Waals surface area contributed by atoms with Crippen molar-refractivity contribution in [1.82, 2.24) is 15.8 Å². The summed E-state index contributed by atoms with van der Waals surface area (Å²) in [6, 6.07) is 0. The predicted octanol–water partition coefficient (Wildman–Crippen LogP) is 1.96. The zero-order valence-electron chi connectivity index (χ0n) is 9.93. The number of hydrogen-bond acceptors (Lipinski definition) is 3. The van der Waals surface area contributed by atoms with Gasteiger partial charge in [0.1, 0.15) is 5.82 Å². The molecule has 2 aliphatic heterocycles. The van der Waals surface area contributed by atoms with Gasteiger partial charge >= 0.3 is 0 Å². The van der Waals surface area contributed by atoms with Gasteiger partial charge in [0, 0.05) is 19.3 Å². The van der Waals surface area contributed by atoms with Crippen LogP contribution in [0.1, 0.15) is 33.6 Å². The molecular formula is C12H21N3. The zero-order chi connectivity index (χ0) is 10.9. The number of allylic oxidation sites excluding steroid dienone is 2. The first kappa shape index (κ1) is 10.4. The van der Waals surface area contributed by atoms with Crippen molar-refractivity contribution in [2.24, 2.45) is 5.41 Å². The first-order valence-corrected chi connectivity index (χ1v) is 5.76. The molecular weight excluding hydrogens is 186 g/mol. The van der Waals surface area contributed by atoms with E-state index in [9.17, 15) is 0 Å². The highest BCUT2D eigenvalue weighted by Gasteiger charge is 2.21. The van der Waals surface area contributed by atoms with E-state index < -0.39 is 0 Å². The molecule has 0 aromatic carbocycles. The van der Waals surface area contributed by atoms with Crippen LogP contribution in [-0.2, 0) is 0 Å². The Balaban J connectivity index is 2.13. The predicted molar refractivity (Wildman–Crippen MR) is 62.7 cm³/mol. The van der Waals surface area contributed by atoms with Crippen molar-refractivity contribution in [1.29, 1.82) is 0 Å². The third-order valence-electron chi connectivity index (χ3n) is 3.03. The smallest absolute Gasteiger partial charge is 0.120 e. The van der Waals surface area contributed by atoms with E-state index in [2.05, 4.69) is 48.8 Å². The van der Waals surface area contributed by atoms with Crippen molar-refractivity contribution in [3.8, 4) is 0 Å². The maximum absolute atomic E-state index is 3.22. The van der Waals surface area contributed by atoms with Gasteiger partial charge in [0.05, 0.1) is 0 Å². The van der Waals surface area contributed by atoms with Crippen molar-refractivity contribution in [3.05, 3.63) is 23.7 Å². The second-order valence-corrected chi connectivity index (χ2v) is 5.34. The average molecular weight is 207 g/mol. The summed E-state index contributed by atoms with van der Waals surface area (Å²) in [6.45, 7) is 9.08. The topological polar surface area (TPSA) is 27.3 Å². The molecule has 0 radical (unpaired) electrons. The minimum absolute atomic E-state index is 0.208. The lowest BCUT2D eigenvalue weighted by atomic mass is 9.86.